The number of alkyl halides is 3. The van der Waals surface area contributed by atoms with Crippen LogP contribution in [0.25, 0.3) is 11.6 Å². The van der Waals surface area contributed by atoms with E-state index in [4.69, 9.17) is 0 Å². The zero-order chi connectivity index (χ0) is 12.2. The van der Waals surface area contributed by atoms with Crippen LogP contribution in [0.1, 0.15) is 25.0 Å². The van der Waals surface area contributed by atoms with Gasteiger partial charge in [0.2, 0.25) is 0 Å². The number of benzene rings is 1. The van der Waals surface area contributed by atoms with Gasteiger partial charge >= 0.3 is 6.18 Å². The van der Waals surface area contributed by atoms with Crippen LogP contribution < -0.4 is 0 Å². The second-order valence-corrected chi connectivity index (χ2v) is 3.32. The normalized spacial score (nSPS) is 13.4. The summed E-state index contributed by atoms with van der Waals surface area (Å²) >= 11 is 0. The maximum absolute atomic E-state index is 12.6. The van der Waals surface area contributed by atoms with Gasteiger partial charge in [-0.05, 0) is 25.0 Å². The zero-order valence-electron chi connectivity index (χ0n) is 9.18. The zero-order valence-corrected chi connectivity index (χ0v) is 9.18. The molecule has 0 fully saturated rings. The van der Waals surface area contributed by atoms with Crippen LogP contribution in [0.4, 0.5) is 13.2 Å². The summed E-state index contributed by atoms with van der Waals surface area (Å²) < 4.78 is 37.7. The molecule has 3 heteroatoms. The highest BCUT2D eigenvalue weighted by Gasteiger charge is 2.33. The highest BCUT2D eigenvalue weighted by Crippen LogP contribution is 2.33. The molecule has 0 heterocycles. The van der Waals surface area contributed by atoms with Crippen molar-refractivity contribution in [2.75, 3.05) is 0 Å². The van der Waals surface area contributed by atoms with Crippen molar-refractivity contribution in [1.29, 1.82) is 0 Å². The largest absolute Gasteiger partial charge is 0.416 e. The number of hydrogen-bond acceptors (Lipinski definition) is 0. The SMILES string of the molecule is C/C=C(/c1ccc(/C=C/C)cc1)C(F)(F)F. The molecule has 0 radical (unpaired) electrons. The van der Waals surface area contributed by atoms with Crippen molar-refractivity contribution in [3.63, 3.8) is 0 Å². The molecule has 0 nitrogen and oxygen atoms in total. The minimum Gasteiger partial charge on any atom is -0.166 e. The van der Waals surface area contributed by atoms with Crippen LogP contribution in [-0.2, 0) is 0 Å². The van der Waals surface area contributed by atoms with Crippen LogP contribution in [0.2, 0.25) is 0 Å². The molecule has 0 aliphatic carbocycles. The van der Waals surface area contributed by atoms with Gasteiger partial charge in [0, 0.05) is 0 Å². The van der Waals surface area contributed by atoms with E-state index in [1.807, 2.05) is 19.1 Å². The first-order valence-corrected chi connectivity index (χ1v) is 4.95. The van der Waals surface area contributed by atoms with E-state index in [0.29, 0.717) is 0 Å². The quantitative estimate of drug-likeness (QED) is 0.686. The Labute approximate surface area is 93.1 Å². The minimum absolute atomic E-state index is 0.197. The van der Waals surface area contributed by atoms with E-state index >= 15 is 0 Å². The van der Waals surface area contributed by atoms with Gasteiger partial charge in [-0.3, -0.25) is 0 Å². The van der Waals surface area contributed by atoms with Gasteiger partial charge < -0.3 is 0 Å². The van der Waals surface area contributed by atoms with Gasteiger partial charge in [0.25, 0.3) is 0 Å². The maximum Gasteiger partial charge on any atom is 0.416 e. The van der Waals surface area contributed by atoms with E-state index in [-0.39, 0.29) is 5.56 Å². The molecule has 0 unspecified atom stereocenters. The highest BCUT2D eigenvalue weighted by atomic mass is 19.4. The fourth-order valence-electron chi connectivity index (χ4n) is 1.46. The van der Waals surface area contributed by atoms with E-state index in [1.54, 1.807) is 12.1 Å². The van der Waals surface area contributed by atoms with E-state index in [9.17, 15) is 13.2 Å². The highest BCUT2D eigenvalue weighted by molar-refractivity contribution is 5.70. The molecule has 1 aromatic carbocycles. The standard InChI is InChI=1S/C13H13F3/c1-3-5-10-6-8-11(9-7-10)12(4-2)13(14,15)16/h3-9H,1-2H3/b5-3+,12-4-. The van der Waals surface area contributed by atoms with Crippen molar-refractivity contribution >= 4 is 11.6 Å². The average molecular weight is 226 g/mol. The molecule has 1 rings (SSSR count). The van der Waals surface area contributed by atoms with E-state index in [0.717, 1.165) is 11.6 Å². The van der Waals surface area contributed by atoms with Crippen molar-refractivity contribution in [3.05, 3.63) is 47.5 Å². The molecule has 0 atom stereocenters. The summed E-state index contributed by atoms with van der Waals surface area (Å²) in [4.78, 5) is 0. The van der Waals surface area contributed by atoms with Crippen molar-refractivity contribution in [1.82, 2.24) is 0 Å². The number of hydrogen-bond donors (Lipinski definition) is 0. The van der Waals surface area contributed by atoms with Crippen LogP contribution in [0.15, 0.2) is 36.4 Å². The van der Waals surface area contributed by atoms with Gasteiger partial charge in [0.05, 0.1) is 5.57 Å². The molecule has 1 aromatic rings. The van der Waals surface area contributed by atoms with Gasteiger partial charge in [0.1, 0.15) is 0 Å². The van der Waals surface area contributed by atoms with Crippen LogP contribution in [0.3, 0.4) is 0 Å². The first-order chi connectivity index (χ1) is 7.49. The lowest BCUT2D eigenvalue weighted by atomic mass is 10.0. The summed E-state index contributed by atoms with van der Waals surface area (Å²) in [6.07, 6.45) is 0.476. The third-order valence-corrected chi connectivity index (χ3v) is 2.17. The van der Waals surface area contributed by atoms with Crippen LogP contribution in [0, 0.1) is 0 Å². The molecule has 0 bridgehead atoms. The average Bonchev–Trinajstić information content (AvgIpc) is 2.20. The van der Waals surface area contributed by atoms with Gasteiger partial charge in [0.15, 0.2) is 0 Å². The summed E-state index contributed by atoms with van der Waals surface area (Å²) in [6.45, 7) is 3.25. The van der Waals surface area contributed by atoms with Gasteiger partial charge in [-0.1, -0.05) is 42.5 Å². The molecule has 0 spiro atoms. The Morgan fingerprint density at radius 1 is 1.06 bits per heavy atom. The lowest BCUT2D eigenvalue weighted by Gasteiger charge is -2.11. The van der Waals surface area contributed by atoms with Crippen LogP contribution in [0.5, 0.6) is 0 Å². The smallest absolute Gasteiger partial charge is 0.166 e. The molecule has 0 aliphatic heterocycles. The Morgan fingerprint density at radius 2 is 1.62 bits per heavy atom. The Kier molecular flexibility index (Phi) is 3.93. The summed E-state index contributed by atoms with van der Waals surface area (Å²) in [5, 5.41) is 0. The van der Waals surface area contributed by atoms with Gasteiger partial charge in [-0.25, -0.2) is 0 Å². The molecular weight excluding hydrogens is 213 g/mol. The monoisotopic (exact) mass is 226 g/mol. The number of halogens is 3. The first kappa shape index (κ1) is 12.6. The Balaban J connectivity index is 3.06. The second-order valence-electron chi connectivity index (χ2n) is 3.32. The molecule has 0 amide bonds. The van der Waals surface area contributed by atoms with Crippen molar-refractivity contribution < 1.29 is 13.2 Å². The topological polar surface area (TPSA) is 0 Å². The van der Waals surface area contributed by atoms with Crippen molar-refractivity contribution in [2.24, 2.45) is 0 Å². The molecule has 0 aliphatic rings. The Bertz CT molecular complexity index is 394. The van der Waals surface area contributed by atoms with Gasteiger partial charge in [-0.2, -0.15) is 13.2 Å². The second kappa shape index (κ2) is 5.01. The number of rotatable bonds is 2. The molecular formula is C13H13F3. The fourth-order valence-corrected chi connectivity index (χ4v) is 1.46. The third kappa shape index (κ3) is 2.99. The number of allylic oxidation sites excluding steroid dienone is 3. The summed E-state index contributed by atoms with van der Waals surface area (Å²) in [5.41, 5.74) is 0.492. The lowest BCUT2D eigenvalue weighted by Crippen LogP contribution is -2.10. The molecule has 0 saturated carbocycles. The summed E-state index contributed by atoms with van der Waals surface area (Å²) in [6, 6.07) is 6.31. The maximum atomic E-state index is 12.6. The Morgan fingerprint density at radius 3 is 2.00 bits per heavy atom. The molecule has 0 aromatic heterocycles. The van der Waals surface area contributed by atoms with Crippen LogP contribution in [-0.4, -0.2) is 6.18 Å². The molecule has 16 heavy (non-hydrogen) atoms. The summed E-state index contributed by atoms with van der Waals surface area (Å²) in [5.74, 6) is 0. The van der Waals surface area contributed by atoms with E-state index < -0.39 is 11.7 Å². The van der Waals surface area contributed by atoms with Crippen molar-refractivity contribution in [3.8, 4) is 0 Å². The third-order valence-electron chi connectivity index (χ3n) is 2.17. The molecule has 0 N–H and O–H groups in total. The predicted molar refractivity (Wildman–Crippen MR) is 60.9 cm³/mol. The van der Waals surface area contributed by atoms with E-state index in [1.165, 1.54) is 19.1 Å². The Hall–Kier alpha value is -1.51. The van der Waals surface area contributed by atoms with Crippen LogP contribution >= 0.6 is 0 Å². The fraction of sp³-hybridized carbons (Fsp3) is 0.231. The van der Waals surface area contributed by atoms with Crippen molar-refractivity contribution in [2.45, 2.75) is 20.0 Å². The lowest BCUT2D eigenvalue weighted by molar-refractivity contribution is -0.0689. The van der Waals surface area contributed by atoms with E-state index in [2.05, 4.69) is 0 Å². The molecule has 86 valence electrons. The molecule has 0 saturated heterocycles. The first-order valence-electron chi connectivity index (χ1n) is 4.95. The van der Waals surface area contributed by atoms with Gasteiger partial charge in [-0.15, -0.1) is 0 Å². The predicted octanol–water partition coefficient (Wildman–Crippen LogP) is 4.69. The minimum atomic E-state index is -4.29. The summed E-state index contributed by atoms with van der Waals surface area (Å²) in [7, 11) is 0.